The van der Waals surface area contributed by atoms with Gasteiger partial charge in [-0.2, -0.15) is 0 Å². The average molecular weight is 521 g/mol. The van der Waals surface area contributed by atoms with E-state index in [1.807, 2.05) is 39.0 Å². The standard InChI is InChI=1S/C29H30F2N4O3/c1-28(2,3)26(37)35(15-17-5-6-22(30)11-23(31)8-17)16-18-7-19-9-20-12-29(25(36)33-27(38)34(29)4)13-21(20)10-24(19)32-14-18/h6-11,14H,5,12-13,15-16H2,1-4H3,(H,33,36,38). The monoisotopic (exact) mass is 520 g/mol. The molecule has 3 aliphatic rings. The number of allylic oxidation sites excluding steroid dienone is 5. The molecule has 2 heterocycles. The maximum atomic E-state index is 14.1. The van der Waals surface area contributed by atoms with Gasteiger partial charge in [0.25, 0.3) is 5.91 Å². The summed E-state index contributed by atoms with van der Waals surface area (Å²) in [5, 5.41) is 3.27. The third kappa shape index (κ3) is 4.61. The maximum Gasteiger partial charge on any atom is 0.324 e. The Morgan fingerprint density at radius 1 is 1.08 bits per heavy atom. The molecule has 9 heteroatoms. The molecule has 1 atom stereocenters. The van der Waals surface area contributed by atoms with Crippen LogP contribution in [-0.2, 0) is 29.0 Å². The van der Waals surface area contributed by atoms with Crippen molar-refractivity contribution in [1.82, 2.24) is 20.1 Å². The number of aromatic nitrogens is 1. The van der Waals surface area contributed by atoms with Gasteiger partial charge in [0.15, 0.2) is 0 Å². The molecule has 1 fully saturated rings. The fraction of sp³-hybridized carbons (Fsp3) is 0.379. The average Bonchev–Trinajstić information content (AvgIpc) is 3.24. The number of hydrogen-bond donors (Lipinski definition) is 1. The van der Waals surface area contributed by atoms with Crippen LogP contribution in [0.5, 0.6) is 0 Å². The van der Waals surface area contributed by atoms with Crippen LogP contribution in [0.15, 0.2) is 59.9 Å². The molecule has 0 saturated carbocycles. The molecular weight excluding hydrogens is 490 g/mol. The second-order valence-corrected chi connectivity index (χ2v) is 11.4. The van der Waals surface area contributed by atoms with E-state index in [1.165, 1.54) is 17.1 Å². The molecule has 1 saturated heterocycles. The Morgan fingerprint density at radius 2 is 1.79 bits per heavy atom. The van der Waals surface area contributed by atoms with Crippen molar-refractivity contribution in [3.8, 4) is 0 Å². The first-order chi connectivity index (χ1) is 17.9. The lowest BCUT2D eigenvalue weighted by atomic mass is 9.94. The van der Waals surface area contributed by atoms with Crippen molar-refractivity contribution in [2.75, 3.05) is 13.6 Å². The van der Waals surface area contributed by atoms with Crippen LogP contribution in [-0.4, -0.2) is 51.8 Å². The summed E-state index contributed by atoms with van der Waals surface area (Å²) in [6.07, 6.45) is 6.19. The number of urea groups is 1. The lowest BCUT2D eigenvalue weighted by Gasteiger charge is -2.30. The molecule has 5 rings (SSSR count). The van der Waals surface area contributed by atoms with Crippen LogP contribution in [0.4, 0.5) is 13.6 Å². The predicted molar refractivity (Wildman–Crippen MR) is 139 cm³/mol. The lowest BCUT2D eigenvalue weighted by Crippen LogP contribution is -2.48. The number of imide groups is 1. The van der Waals surface area contributed by atoms with E-state index in [-0.39, 0.29) is 31.3 Å². The Morgan fingerprint density at radius 3 is 2.45 bits per heavy atom. The molecule has 1 N–H and O–H groups in total. The molecular formula is C29H30F2N4O3. The summed E-state index contributed by atoms with van der Waals surface area (Å²) in [6, 6.07) is 5.52. The number of likely N-dealkylation sites (N-methyl/N-ethyl adjacent to an activating group) is 1. The molecule has 1 aliphatic heterocycles. The molecule has 7 nitrogen and oxygen atoms in total. The van der Waals surface area contributed by atoms with Gasteiger partial charge < -0.3 is 9.80 Å². The largest absolute Gasteiger partial charge is 0.334 e. The number of carbonyl (C=O) groups excluding carboxylic acids is 3. The number of nitrogens with one attached hydrogen (secondary N) is 1. The van der Waals surface area contributed by atoms with E-state index in [0.717, 1.165) is 33.7 Å². The van der Waals surface area contributed by atoms with Crippen LogP contribution >= 0.6 is 0 Å². The van der Waals surface area contributed by atoms with Crippen molar-refractivity contribution in [3.63, 3.8) is 0 Å². The van der Waals surface area contributed by atoms with Gasteiger partial charge in [0, 0.05) is 56.1 Å². The lowest BCUT2D eigenvalue weighted by molar-refractivity contribution is -0.139. The molecule has 38 heavy (non-hydrogen) atoms. The minimum atomic E-state index is -0.917. The predicted octanol–water partition coefficient (Wildman–Crippen LogP) is 4.67. The van der Waals surface area contributed by atoms with Crippen molar-refractivity contribution < 1.29 is 23.2 Å². The van der Waals surface area contributed by atoms with E-state index in [0.29, 0.717) is 18.4 Å². The number of pyridine rings is 1. The highest BCUT2D eigenvalue weighted by molar-refractivity contribution is 6.08. The molecule has 1 spiro atoms. The smallest absolute Gasteiger partial charge is 0.324 e. The second-order valence-electron chi connectivity index (χ2n) is 11.4. The number of carbonyl (C=O) groups is 3. The van der Waals surface area contributed by atoms with Crippen LogP contribution in [0.25, 0.3) is 10.9 Å². The highest BCUT2D eigenvalue weighted by atomic mass is 19.1. The normalized spacial score (nSPS) is 21.2. The number of amides is 4. The Bertz CT molecular complexity index is 1470. The first kappa shape index (κ1) is 25.8. The summed E-state index contributed by atoms with van der Waals surface area (Å²) in [5.41, 5.74) is 2.51. The first-order valence-electron chi connectivity index (χ1n) is 12.6. The van der Waals surface area contributed by atoms with Crippen LogP contribution in [0, 0.1) is 5.41 Å². The molecule has 0 bridgehead atoms. The molecule has 4 amide bonds. The molecule has 2 aliphatic carbocycles. The molecule has 1 unspecified atom stereocenters. The fourth-order valence-electron chi connectivity index (χ4n) is 5.43. The summed E-state index contributed by atoms with van der Waals surface area (Å²) in [7, 11) is 1.64. The second kappa shape index (κ2) is 9.15. The van der Waals surface area contributed by atoms with Crippen LogP contribution in [0.3, 0.4) is 0 Å². The summed E-state index contributed by atoms with van der Waals surface area (Å²) >= 11 is 0. The van der Waals surface area contributed by atoms with E-state index < -0.39 is 28.6 Å². The van der Waals surface area contributed by atoms with Crippen molar-refractivity contribution in [2.24, 2.45) is 5.41 Å². The van der Waals surface area contributed by atoms with Gasteiger partial charge in [0.2, 0.25) is 5.91 Å². The Labute approximate surface area is 219 Å². The summed E-state index contributed by atoms with van der Waals surface area (Å²) in [5.74, 6) is -1.73. The highest BCUT2D eigenvalue weighted by Gasteiger charge is 2.54. The van der Waals surface area contributed by atoms with Gasteiger partial charge in [-0.05, 0) is 59.0 Å². The minimum absolute atomic E-state index is 0.118. The third-order valence-electron chi connectivity index (χ3n) is 7.49. The third-order valence-corrected chi connectivity index (χ3v) is 7.49. The maximum absolute atomic E-state index is 14.1. The first-order valence-corrected chi connectivity index (χ1v) is 12.6. The highest BCUT2D eigenvalue weighted by Crippen LogP contribution is 2.38. The van der Waals surface area contributed by atoms with E-state index in [9.17, 15) is 23.2 Å². The van der Waals surface area contributed by atoms with E-state index >= 15 is 0 Å². The quantitative estimate of drug-likeness (QED) is 0.595. The molecule has 198 valence electrons. The van der Waals surface area contributed by atoms with Crippen molar-refractivity contribution in [3.05, 3.63) is 76.5 Å². The van der Waals surface area contributed by atoms with Gasteiger partial charge in [-0.3, -0.25) is 19.9 Å². The number of nitrogens with zero attached hydrogens (tertiary/aromatic N) is 3. The zero-order valence-corrected chi connectivity index (χ0v) is 21.9. The van der Waals surface area contributed by atoms with Gasteiger partial charge >= 0.3 is 6.03 Å². The van der Waals surface area contributed by atoms with Gasteiger partial charge in [-0.25, -0.2) is 13.6 Å². The number of hydrogen-bond acceptors (Lipinski definition) is 4. The van der Waals surface area contributed by atoms with E-state index in [1.54, 1.807) is 18.1 Å². The fourth-order valence-corrected chi connectivity index (χ4v) is 5.43. The summed E-state index contributed by atoms with van der Waals surface area (Å²) < 4.78 is 27.7. The van der Waals surface area contributed by atoms with Gasteiger partial charge in [-0.15, -0.1) is 0 Å². The number of rotatable bonds is 4. The summed E-state index contributed by atoms with van der Waals surface area (Å²) in [6.45, 7) is 5.86. The van der Waals surface area contributed by atoms with Gasteiger partial charge in [0.05, 0.1) is 5.52 Å². The summed E-state index contributed by atoms with van der Waals surface area (Å²) in [4.78, 5) is 45.8. The number of halogens is 2. The Hall–Kier alpha value is -3.88. The number of fused-ring (bicyclic) bond motifs is 2. The van der Waals surface area contributed by atoms with Crippen LogP contribution < -0.4 is 5.32 Å². The zero-order chi connectivity index (χ0) is 27.4. The topological polar surface area (TPSA) is 82.6 Å². The molecule has 2 aromatic rings. The molecule has 1 aromatic heterocycles. The zero-order valence-electron chi connectivity index (χ0n) is 21.9. The van der Waals surface area contributed by atoms with E-state index in [4.69, 9.17) is 0 Å². The van der Waals surface area contributed by atoms with Crippen molar-refractivity contribution >= 4 is 28.7 Å². The number of benzene rings is 1. The van der Waals surface area contributed by atoms with Gasteiger partial charge in [-0.1, -0.05) is 20.8 Å². The van der Waals surface area contributed by atoms with Crippen LogP contribution in [0.2, 0.25) is 0 Å². The Balaban J connectivity index is 1.43. The molecule has 1 aromatic carbocycles. The van der Waals surface area contributed by atoms with Crippen LogP contribution in [0.1, 0.15) is 43.9 Å². The van der Waals surface area contributed by atoms with E-state index in [2.05, 4.69) is 10.3 Å². The minimum Gasteiger partial charge on any atom is -0.334 e. The molecule has 0 radical (unpaired) electrons. The van der Waals surface area contributed by atoms with Gasteiger partial charge in [0.1, 0.15) is 17.2 Å². The Kier molecular flexibility index (Phi) is 6.20. The SMILES string of the molecule is CN1C(=O)NC(=O)C12Cc1cc3cc(CN(CC4=CC(F)=CC(F)=CC4)C(=O)C(C)(C)C)cnc3cc1C2. The van der Waals surface area contributed by atoms with Crippen molar-refractivity contribution in [1.29, 1.82) is 0 Å². The van der Waals surface area contributed by atoms with Crippen molar-refractivity contribution in [2.45, 2.75) is 52.1 Å².